The Morgan fingerprint density at radius 3 is 2.60 bits per heavy atom. The van der Waals surface area contributed by atoms with E-state index in [2.05, 4.69) is 56.7 Å². The van der Waals surface area contributed by atoms with Gasteiger partial charge in [-0.15, -0.1) is 24.0 Å². The topological polar surface area (TPSA) is 50.6 Å². The van der Waals surface area contributed by atoms with Crippen LogP contribution in [-0.4, -0.2) is 43.9 Å². The number of aromatic nitrogens is 1. The SMILES string of the molecule is CCOCCCCNC(=NC)NCCCn1ccc2ccccc21.I. The van der Waals surface area contributed by atoms with Crippen LogP contribution >= 0.6 is 24.0 Å². The smallest absolute Gasteiger partial charge is 0.190 e. The highest BCUT2D eigenvalue weighted by molar-refractivity contribution is 14.0. The molecule has 0 fully saturated rings. The first-order chi connectivity index (χ1) is 11.8. The van der Waals surface area contributed by atoms with Crippen molar-refractivity contribution in [3.63, 3.8) is 0 Å². The summed E-state index contributed by atoms with van der Waals surface area (Å²) in [5.74, 6) is 0.878. The number of hydrogen-bond donors (Lipinski definition) is 2. The number of guanidine groups is 1. The molecule has 0 aliphatic rings. The highest BCUT2D eigenvalue weighted by atomic mass is 127. The van der Waals surface area contributed by atoms with Gasteiger partial charge in [-0.05, 0) is 43.7 Å². The molecule has 0 aliphatic carbocycles. The number of unbranched alkanes of at least 4 members (excludes halogenated alkanes) is 1. The Morgan fingerprint density at radius 2 is 1.84 bits per heavy atom. The van der Waals surface area contributed by atoms with E-state index in [0.717, 1.165) is 58.1 Å². The molecule has 0 amide bonds. The molecule has 25 heavy (non-hydrogen) atoms. The summed E-state index contributed by atoms with van der Waals surface area (Å²) in [5, 5.41) is 8.02. The highest BCUT2D eigenvalue weighted by Gasteiger charge is 2.00. The van der Waals surface area contributed by atoms with Crippen molar-refractivity contribution in [2.24, 2.45) is 4.99 Å². The Labute approximate surface area is 168 Å². The van der Waals surface area contributed by atoms with Crippen molar-refractivity contribution in [2.45, 2.75) is 32.7 Å². The second-order valence-corrected chi connectivity index (χ2v) is 5.75. The number of halogens is 1. The molecule has 1 aromatic heterocycles. The van der Waals surface area contributed by atoms with Gasteiger partial charge in [0.25, 0.3) is 0 Å². The van der Waals surface area contributed by atoms with Crippen LogP contribution in [0.25, 0.3) is 10.9 Å². The van der Waals surface area contributed by atoms with E-state index in [0.29, 0.717) is 0 Å². The van der Waals surface area contributed by atoms with Crippen LogP contribution in [0, 0.1) is 0 Å². The van der Waals surface area contributed by atoms with Gasteiger partial charge in [-0.25, -0.2) is 0 Å². The van der Waals surface area contributed by atoms with Crippen LogP contribution in [0.15, 0.2) is 41.5 Å². The lowest BCUT2D eigenvalue weighted by atomic mass is 10.2. The molecular formula is C19H31IN4O. The molecule has 0 aliphatic heterocycles. The van der Waals surface area contributed by atoms with Gasteiger partial charge in [0.2, 0.25) is 0 Å². The molecule has 0 spiro atoms. The molecule has 0 saturated carbocycles. The minimum Gasteiger partial charge on any atom is -0.382 e. The second-order valence-electron chi connectivity index (χ2n) is 5.75. The van der Waals surface area contributed by atoms with Crippen molar-refractivity contribution in [3.05, 3.63) is 36.5 Å². The monoisotopic (exact) mass is 458 g/mol. The normalized spacial score (nSPS) is 11.4. The van der Waals surface area contributed by atoms with E-state index in [1.807, 2.05) is 14.0 Å². The van der Waals surface area contributed by atoms with Crippen LogP contribution < -0.4 is 10.6 Å². The van der Waals surface area contributed by atoms with E-state index < -0.39 is 0 Å². The fourth-order valence-electron chi connectivity index (χ4n) is 2.69. The lowest BCUT2D eigenvalue weighted by molar-refractivity contribution is 0.143. The summed E-state index contributed by atoms with van der Waals surface area (Å²) in [6, 6.07) is 10.7. The molecular weight excluding hydrogens is 427 g/mol. The van der Waals surface area contributed by atoms with Gasteiger partial charge in [-0.2, -0.15) is 0 Å². The molecule has 1 aromatic carbocycles. The first-order valence-corrected chi connectivity index (χ1v) is 8.91. The van der Waals surface area contributed by atoms with Gasteiger partial charge in [-0.3, -0.25) is 4.99 Å². The molecule has 2 aromatic rings. The third-order valence-corrected chi connectivity index (χ3v) is 3.98. The number of fused-ring (bicyclic) bond motifs is 1. The van der Waals surface area contributed by atoms with Crippen LogP contribution in [0.2, 0.25) is 0 Å². The molecule has 6 heteroatoms. The van der Waals surface area contributed by atoms with Crippen molar-refractivity contribution in [2.75, 3.05) is 33.4 Å². The summed E-state index contributed by atoms with van der Waals surface area (Å²) in [7, 11) is 1.81. The molecule has 2 N–H and O–H groups in total. The third-order valence-electron chi connectivity index (χ3n) is 3.98. The minimum atomic E-state index is 0. The van der Waals surface area contributed by atoms with Crippen molar-refractivity contribution >= 4 is 40.8 Å². The standard InChI is InChI=1S/C19H30N4O.HI/c1-3-24-16-7-6-12-21-19(20-2)22-13-8-14-23-15-11-17-9-4-5-10-18(17)23;/h4-5,9-11,15H,3,6-8,12-14,16H2,1-2H3,(H2,20,21,22);1H. The van der Waals surface area contributed by atoms with Crippen molar-refractivity contribution < 1.29 is 4.74 Å². The zero-order valence-electron chi connectivity index (χ0n) is 15.3. The first-order valence-electron chi connectivity index (χ1n) is 8.91. The van der Waals surface area contributed by atoms with E-state index in [4.69, 9.17) is 4.74 Å². The zero-order valence-corrected chi connectivity index (χ0v) is 17.7. The van der Waals surface area contributed by atoms with E-state index in [9.17, 15) is 0 Å². The summed E-state index contributed by atoms with van der Waals surface area (Å²) >= 11 is 0. The van der Waals surface area contributed by atoms with Crippen LogP contribution in [0.5, 0.6) is 0 Å². The third kappa shape index (κ3) is 7.64. The van der Waals surface area contributed by atoms with Crippen LogP contribution in [0.3, 0.4) is 0 Å². The summed E-state index contributed by atoms with van der Waals surface area (Å²) in [4.78, 5) is 4.26. The summed E-state index contributed by atoms with van der Waals surface area (Å²) in [5.41, 5.74) is 1.30. The maximum Gasteiger partial charge on any atom is 0.190 e. The molecule has 0 bridgehead atoms. The molecule has 140 valence electrons. The molecule has 1 heterocycles. The van der Waals surface area contributed by atoms with Gasteiger partial charge in [0.1, 0.15) is 0 Å². The van der Waals surface area contributed by atoms with E-state index in [-0.39, 0.29) is 24.0 Å². The average Bonchev–Trinajstić information content (AvgIpc) is 3.03. The number of ether oxygens (including phenoxy) is 1. The molecule has 0 unspecified atom stereocenters. The largest absolute Gasteiger partial charge is 0.382 e. The lowest BCUT2D eigenvalue weighted by Gasteiger charge is -2.12. The van der Waals surface area contributed by atoms with Crippen molar-refractivity contribution in [3.8, 4) is 0 Å². The maximum absolute atomic E-state index is 5.34. The zero-order chi connectivity index (χ0) is 17.0. The van der Waals surface area contributed by atoms with E-state index >= 15 is 0 Å². The Balaban J connectivity index is 0.00000312. The van der Waals surface area contributed by atoms with Gasteiger partial charge in [-0.1, -0.05) is 18.2 Å². The Bertz CT molecular complexity index is 627. The highest BCUT2D eigenvalue weighted by Crippen LogP contribution is 2.15. The van der Waals surface area contributed by atoms with Gasteiger partial charge in [0, 0.05) is 51.6 Å². The second kappa shape index (κ2) is 13.0. The van der Waals surface area contributed by atoms with Crippen LogP contribution in [0.4, 0.5) is 0 Å². The first kappa shape index (κ1) is 21.8. The number of aryl methyl sites for hydroxylation is 1. The summed E-state index contributed by atoms with van der Waals surface area (Å²) in [6.07, 6.45) is 5.40. The number of aliphatic imine (C=N–C) groups is 1. The number of benzene rings is 1. The van der Waals surface area contributed by atoms with Gasteiger partial charge in [0.15, 0.2) is 5.96 Å². The van der Waals surface area contributed by atoms with E-state index in [1.165, 1.54) is 10.9 Å². The number of hydrogen-bond acceptors (Lipinski definition) is 2. The van der Waals surface area contributed by atoms with Crippen LogP contribution in [0.1, 0.15) is 26.2 Å². The maximum atomic E-state index is 5.34. The molecule has 2 rings (SSSR count). The quantitative estimate of drug-likeness (QED) is 0.248. The average molecular weight is 458 g/mol. The van der Waals surface area contributed by atoms with Crippen molar-refractivity contribution in [1.82, 2.24) is 15.2 Å². The van der Waals surface area contributed by atoms with Crippen LogP contribution in [-0.2, 0) is 11.3 Å². The summed E-state index contributed by atoms with van der Waals surface area (Å²) < 4.78 is 7.64. The van der Waals surface area contributed by atoms with Gasteiger partial charge in [0.05, 0.1) is 0 Å². The van der Waals surface area contributed by atoms with Gasteiger partial charge < -0.3 is 19.9 Å². The number of rotatable bonds is 10. The number of nitrogens with zero attached hydrogens (tertiary/aromatic N) is 2. The molecule has 0 atom stereocenters. The Kier molecular flexibility index (Phi) is 11.3. The molecule has 5 nitrogen and oxygen atoms in total. The Morgan fingerprint density at radius 1 is 1.08 bits per heavy atom. The lowest BCUT2D eigenvalue weighted by Crippen LogP contribution is -2.38. The molecule has 0 saturated heterocycles. The minimum absolute atomic E-state index is 0. The van der Waals surface area contributed by atoms with Crippen molar-refractivity contribution in [1.29, 1.82) is 0 Å². The number of para-hydroxylation sites is 1. The fraction of sp³-hybridized carbons (Fsp3) is 0.526. The predicted octanol–water partition coefficient (Wildman–Crippen LogP) is 3.63. The molecule has 0 radical (unpaired) electrons. The fourth-order valence-corrected chi connectivity index (χ4v) is 2.69. The van der Waals surface area contributed by atoms with Gasteiger partial charge >= 0.3 is 0 Å². The summed E-state index contributed by atoms with van der Waals surface area (Å²) in [6.45, 7) is 6.51. The number of nitrogens with one attached hydrogen (secondary N) is 2. The predicted molar refractivity (Wildman–Crippen MR) is 117 cm³/mol. The van der Waals surface area contributed by atoms with E-state index in [1.54, 1.807) is 0 Å². The Hall–Kier alpha value is -1.28.